The molecule has 1 heterocycles. The lowest BCUT2D eigenvalue weighted by Crippen LogP contribution is -2.33. The SMILES string of the molecule is CC1CC(NCCCC(=O)NC2CC2)CN1C. The van der Waals surface area contributed by atoms with E-state index in [4.69, 9.17) is 0 Å². The van der Waals surface area contributed by atoms with Gasteiger partial charge < -0.3 is 15.5 Å². The van der Waals surface area contributed by atoms with Gasteiger partial charge in [-0.15, -0.1) is 0 Å². The number of hydrogen-bond donors (Lipinski definition) is 2. The van der Waals surface area contributed by atoms with Crippen LogP contribution in [0.4, 0.5) is 0 Å². The number of likely N-dealkylation sites (N-methyl/N-ethyl adjacent to an activating group) is 1. The zero-order valence-electron chi connectivity index (χ0n) is 11.0. The van der Waals surface area contributed by atoms with Crippen molar-refractivity contribution < 1.29 is 4.79 Å². The molecule has 4 heteroatoms. The number of nitrogens with one attached hydrogen (secondary N) is 2. The third-order valence-electron chi connectivity index (χ3n) is 3.84. The molecule has 2 N–H and O–H groups in total. The van der Waals surface area contributed by atoms with Gasteiger partial charge in [-0.1, -0.05) is 0 Å². The molecule has 1 aliphatic carbocycles. The van der Waals surface area contributed by atoms with Crippen LogP contribution in [-0.2, 0) is 4.79 Å². The molecule has 0 radical (unpaired) electrons. The van der Waals surface area contributed by atoms with Crippen molar-refractivity contribution in [2.75, 3.05) is 20.1 Å². The van der Waals surface area contributed by atoms with Gasteiger partial charge in [0.25, 0.3) is 0 Å². The predicted molar refractivity (Wildman–Crippen MR) is 68.9 cm³/mol. The highest BCUT2D eigenvalue weighted by atomic mass is 16.1. The molecule has 0 spiro atoms. The standard InChI is InChI=1S/C13H25N3O/c1-10-8-12(9-16(10)2)14-7-3-4-13(17)15-11-5-6-11/h10-12,14H,3-9H2,1-2H3,(H,15,17). The van der Waals surface area contributed by atoms with Crippen molar-refractivity contribution >= 4 is 5.91 Å². The van der Waals surface area contributed by atoms with Crippen molar-refractivity contribution in [1.29, 1.82) is 0 Å². The second-order valence-electron chi connectivity index (χ2n) is 5.62. The van der Waals surface area contributed by atoms with Crippen LogP contribution in [0.3, 0.4) is 0 Å². The van der Waals surface area contributed by atoms with Gasteiger partial charge in [0.2, 0.25) is 5.91 Å². The Kier molecular flexibility index (Phi) is 4.40. The maximum Gasteiger partial charge on any atom is 0.220 e. The molecule has 98 valence electrons. The number of amides is 1. The summed E-state index contributed by atoms with van der Waals surface area (Å²) in [5, 5.41) is 6.57. The first-order chi connectivity index (χ1) is 8.15. The number of rotatable bonds is 6. The number of nitrogens with zero attached hydrogens (tertiary/aromatic N) is 1. The molecular formula is C13H25N3O. The molecule has 2 unspecified atom stereocenters. The van der Waals surface area contributed by atoms with Crippen LogP contribution in [0, 0.1) is 0 Å². The second-order valence-corrected chi connectivity index (χ2v) is 5.62. The van der Waals surface area contributed by atoms with E-state index in [0.29, 0.717) is 24.5 Å². The van der Waals surface area contributed by atoms with Gasteiger partial charge in [-0.3, -0.25) is 4.79 Å². The summed E-state index contributed by atoms with van der Waals surface area (Å²) in [6.07, 6.45) is 5.20. The molecule has 1 saturated carbocycles. The quantitative estimate of drug-likeness (QED) is 0.672. The Bertz CT molecular complexity index is 255. The summed E-state index contributed by atoms with van der Waals surface area (Å²) in [5.74, 6) is 0.228. The molecule has 0 aromatic rings. The van der Waals surface area contributed by atoms with Crippen LogP contribution in [0.2, 0.25) is 0 Å². The van der Waals surface area contributed by atoms with Gasteiger partial charge in [0.1, 0.15) is 0 Å². The third kappa shape index (κ3) is 4.28. The summed E-state index contributed by atoms with van der Waals surface area (Å²) in [6, 6.07) is 1.80. The molecule has 1 saturated heterocycles. The van der Waals surface area contributed by atoms with Crippen LogP contribution in [-0.4, -0.2) is 49.1 Å². The van der Waals surface area contributed by atoms with E-state index in [1.54, 1.807) is 0 Å². The van der Waals surface area contributed by atoms with Crippen LogP contribution in [0.15, 0.2) is 0 Å². The maximum absolute atomic E-state index is 11.4. The molecule has 17 heavy (non-hydrogen) atoms. The molecule has 0 aromatic carbocycles. The monoisotopic (exact) mass is 239 g/mol. The Morgan fingerprint density at radius 1 is 1.35 bits per heavy atom. The Balaban J connectivity index is 1.49. The van der Waals surface area contributed by atoms with E-state index in [2.05, 4.69) is 29.5 Å². The van der Waals surface area contributed by atoms with Gasteiger partial charge >= 0.3 is 0 Å². The van der Waals surface area contributed by atoms with Crippen molar-refractivity contribution in [3.8, 4) is 0 Å². The highest BCUT2D eigenvalue weighted by Gasteiger charge is 2.25. The first-order valence-electron chi connectivity index (χ1n) is 6.88. The fourth-order valence-electron chi connectivity index (χ4n) is 2.42. The Labute approximate surface area is 104 Å². The molecular weight excluding hydrogens is 214 g/mol. The Morgan fingerprint density at radius 2 is 2.12 bits per heavy atom. The zero-order valence-corrected chi connectivity index (χ0v) is 11.0. The average Bonchev–Trinajstić information content (AvgIpc) is 3.02. The Morgan fingerprint density at radius 3 is 2.71 bits per heavy atom. The van der Waals surface area contributed by atoms with E-state index < -0.39 is 0 Å². The van der Waals surface area contributed by atoms with E-state index in [1.807, 2.05) is 0 Å². The van der Waals surface area contributed by atoms with E-state index in [-0.39, 0.29) is 5.91 Å². The minimum absolute atomic E-state index is 0.228. The van der Waals surface area contributed by atoms with E-state index in [9.17, 15) is 4.79 Å². The molecule has 2 atom stereocenters. The first-order valence-corrected chi connectivity index (χ1v) is 6.88. The van der Waals surface area contributed by atoms with Crippen LogP contribution >= 0.6 is 0 Å². The molecule has 2 rings (SSSR count). The highest BCUT2D eigenvalue weighted by molar-refractivity contribution is 5.76. The van der Waals surface area contributed by atoms with Gasteiger partial charge in [-0.25, -0.2) is 0 Å². The van der Waals surface area contributed by atoms with Crippen molar-refractivity contribution in [3.05, 3.63) is 0 Å². The number of carbonyl (C=O) groups is 1. The zero-order chi connectivity index (χ0) is 12.3. The first kappa shape index (κ1) is 12.8. The summed E-state index contributed by atoms with van der Waals surface area (Å²) in [5.41, 5.74) is 0. The van der Waals surface area contributed by atoms with E-state index in [1.165, 1.54) is 19.3 Å². The fraction of sp³-hybridized carbons (Fsp3) is 0.923. The van der Waals surface area contributed by atoms with Crippen molar-refractivity contribution in [1.82, 2.24) is 15.5 Å². The van der Waals surface area contributed by atoms with Gasteiger partial charge in [-0.2, -0.15) is 0 Å². The van der Waals surface area contributed by atoms with Crippen molar-refractivity contribution in [2.45, 2.75) is 57.2 Å². The van der Waals surface area contributed by atoms with Crippen LogP contribution in [0.25, 0.3) is 0 Å². The minimum atomic E-state index is 0.228. The Hall–Kier alpha value is -0.610. The molecule has 0 aromatic heterocycles. The summed E-state index contributed by atoms with van der Waals surface area (Å²) in [7, 11) is 2.18. The fourth-order valence-corrected chi connectivity index (χ4v) is 2.42. The highest BCUT2D eigenvalue weighted by Crippen LogP contribution is 2.18. The summed E-state index contributed by atoms with van der Waals surface area (Å²) in [6.45, 7) is 4.36. The van der Waals surface area contributed by atoms with Crippen LogP contribution in [0.1, 0.15) is 39.0 Å². The van der Waals surface area contributed by atoms with Gasteiger partial charge in [0, 0.05) is 31.1 Å². The normalized spacial score (nSPS) is 29.5. The lowest BCUT2D eigenvalue weighted by Gasteiger charge is -2.13. The molecule has 2 fully saturated rings. The van der Waals surface area contributed by atoms with Gasteiger partial charge in [0.15, 0.2) is 0 Å². The smallest absolute Gasteiger partial charge is 0.220 e. The lowest BCUT2D eigenvalue weighted by atomic mass is 10.2. The summed E-state index contributed by atoms with van der Waals surface area (Å²) < 4.78 is 0. The topological polar surface area (TPSA) is 44.4 Å². The average molecular weight is 239 g/mol. The van der Waals surface area contributed by atoms with Crippen molar-refractivity contribution in [2.24, 2.45) is 0 Å². The molecule has 0 bridgehead atoms. The molecule has 1 amide bonds. The van der Waals surface area contributed by atoms with Crippen molar-refractivity contribution in [3.63, 3.8) is 0 Å². The largest absolute Gasteiger partial charge is 0.353 e. The second kappa shape index (κ2) is 5.83. The molecule has 2 aliphatic rings. The maximum atomic E-state index is 11.4. The predicted octanol–water partition coefficient (Wildman–Crippen LogP) is 0.727. The van der Waals surface area contributed by atoms with Gasteiger partial charge in [0.05, 0.1) is 0 Å². The summed E-state index contributed by atoms with van der Waals surface area (Å²) in [4.78, 5) is 13.8. The number of carbonyl (C=O) groups excluding carboxylic acids is 1. The minimum Gasteiger partial charge on any atom is -0.353 e. The van der Waals surface area contributed by atoms with E-state index >= 15 is 0 Å². The number of hydrogen-bond acceptors (Lipinski definition) is 3. The van der Waals surface area contributed by atoms with Crippen LogP contribution < -0.4 is 10.6 Å². The molecule has 1 aliphatic heterocycles. The molecule has 4 nitrogen and oxygen atoms in total. The number of likely N-dealkylation sites (tertiary alicyclic amines) is 1. The lowest BCUT2D eigenvalue weighted by molar-refractivity contribution is -0.121. The van der Waals surface area contributed by atoms with Crippen LogP contribution in [0.5, 0.6) is 0 Å². The third-order valence-corrected chi connectivity index (χ3v) is 3.84. The van der Waals surface area contributed by atoms with Gasteiger partial charge in [-0.05, 0) is 46.2 Å². The summed E-state index contributed by atoms with van der Waals surface area (Å²) >= 11 is 0. The van der Waals surface area contributed by atoms with E-state index in [0.717, 1.165) is 19.5 Å².